The van der Waals surface area contributed by atoms with Crippen LogP contribution in [0.3, 0.4) is 0 Å². The number of benzene rings is 2. The van der Waals surface area contributed by atoms with Gasteiger partial charge in [-0.2, -0.15) is 0 Å². The molecule has 0 aromatic heterocycles. The Bertz CT molecular complexity index is 1100. The Labute approximate surface area is 208 Å². The summed E-state index contributed by atoms with van der Waals surface area (Å²) in [5, 5.41) is 22.3. The van der Waals surface area contributed by atoms with Crippen molar-refractivity contribution in [2.24, 2.45) is 0 Å². The average Bonchev–Trinajstić information content (AvgIpc) is 2.86. The average molecular weight is 477 g/mol. The standard InChI is InChI=1S/C29H36N2O4/c1-4-16-31-17-15-28(23-8-6-9-25(32)19-23)20-24(13-14-29(28,34)21-31)30(2)27(33)12-11-22-7-5-10-26(18-22)35-3/h4-12,18-19,24,32,34H,1,13-17,20-21H2,2-3H3/t24-,28-,29-/m0/s1. The quantitative estimate of drug-likeness (QED) is 0.467. The van der Waals surface area contributed by atoms with Gasteiger partial charge in [0.15, 0.2) is 0 Å². The summed E-state index contributed by atoms with van der Waals surface area (Å²) in [6, 6.07) is 14.8. The molecule has 35 heavy (non-hydrogen) atoms. The van der Waals surface area contributed by atoms with Crippen molar-refractivity contribution >= 4 is 12.0 Å². The van der Waals surface area contributed by atoms with Gasteiger partial charge < -0.3 is 19.8 Å². The van der Waals surface area contributed by atoms with Crippen molar-refractivity contribution in [3.05, 3.63) is 78.4 Å². The van der Waals surface area contributed by atoms with Crippen molar-refractivity contribution in [2.45, 2.75) is 42.7 Å². The van der Waals surface area contributed by atoms with Crippen molar-refractivity contribution in [1.82, 2.24) is 9.80 Å². The number of aromatic hydroxyl groups is 1. The summed E-state index contributed by atoms with van der Waals surface area (Å²) in [4.78, 5) is 17.2. The van der Waals surface area contributed by atoms with Gasteiger partial charge in [-0.05, 0) is 73.7 Å². The third kappa shape index (κ3) is 5.00. The van der Waals surface area contributed by atoms with Crippen LogP contribution in [0.5, 0.6) is 11.5 Å². The number of carbonyl (C=O) groups excluding carboxylic acids is 1. The minimum absolute atomic E-state index is 0.0222. The number of ether oxygens (including phenoxy) is 1. The maximum atomic E-state index is 13.1. The molecular weight excluding hydrogens is 440 g/mol. The molecule has 1 heterocycles. The monoisotopic (exact) mass is 476 g/mol. The molecule has 2 aliphatic rings. The van der Waals surface area contributed by atoms with Gasteiger partial charge in [-0.3, -0.25) is 9.69 Å². The third-order valence-corrected chi connectivity index (χ3v) is 7.90. The van der Waals surface area contributed by atoms with Crippen LogP contribution in [0.2, 0.25) is 0 Å². The maximum Gasteiger partial charge on any atom is 0.246 e. The van der Waals surface area contributed by atoms with E-state index in [2.05, 4.69) is 11.5 Å². The number of β-amino-alcohol motifs (C(OH)–C–C–N with tert-alkyl or cyclic N) is 1. The molecule has 2 fully saturated rings. The molecule has 2 aromatic rings. The van der Waals surface area contributed by atoms with Crippen LogP contribution >= 0.6 is 0 Å². The van der Waals surface area contributed by atoms with Crippen molar-refractivity contribution in [3.8, 4) is 11.5 Å². The van der Waals surface area contributed by atoms with Crippen molar-refractivity contribution in [1.29, 1.82) is 0 Å². The first-order chi connectivity index (χ1) is 16.8. The van der Waals surface area contributed by atoms with E-state index in [9.17, 15) is 15.0 Å². The first-order valence-electron chi connectivity index (χ1n) is 12.2. The highest BCUT2D eigenvalue weighted by Gasteiger charge is 2.58. The van der Waals surface area contributed by atoms with Crippen LogP contribution in [0.4, 0.5) is 0 Å². The molecule has 0 unspecified atom stereocenters. The summed E-state index contributed by atoms with van der Waals surface area (Å²) in [5.74, 6) is 0.870. The number of methoxy groups -OCH3 is 1. The van der Waals surface area contributed by atoms with Crippen molar-refractivity contribution in [3.63, 3.8) is 0 Å². The van der Waals surface area contributed by atoms with Gasteiger partial charge in [0.25, 0.3) is 0 Å². The van der Waals surface area contributed by atoms with E-state index in [0.717, 1.165) is 36.4 Å². The van der Waals surface area contributed by atoms with E-state index in [4.69, 9.17) is 4.74 Å². The molecule has 1 saturated carbocycles. The summed E-state index contributed by atoms with van der Waals surface area (Å²) in [7, 11) is 3.46. The van der Waals surface area contributed by atoms with Crippen LogP contribution in [0.15, 0.2) is 67.3 Å². The number of piperidine rings is 1. The van der Waals surface area contributed by atoms with Crippen LogP contribution in [-0.2, 0) is 10.2 Å². The Kier molecular flexibility index (Phi) is 7.33. The molecule has 4 rings (SSSR count). The number of hydrogen-bond acceptors (Lipinski definition) is 5. The first-order valence-corrected chi connectivity index (χ1v) is 12.2. The molecule has 0 bridgehead atoms. The largest absolute Gasteiger partial charge is 0.508 e. The lowest BCUT2D eigenvalue weighted by molar-refractivity contribution is -0.143. The summed E-state index contributed by atoms with van der Waals surface area (Å²) >= 11 is 0. The second-order valence-electron chi connectivity index (χ2n) is 9.89. The summed E-state index contributed by atoms with van der Waals surface area (Å²) in [6.07, 6.45) is 7.97. The van der Waals surface area contributed by atoms with E-state index in [1.807, 2.05) is 49.5 Å². The fourth-order valence-corrected chi connectivity index (χ4v) is 5.92. The van der Waals surface area contributed by atoms with Crippen LogP contribution in [-0.4, -0.2) is 71.4 Å². The van der Waals surface area contributed by atoms with Crippen molar-refractivity contribution in [2.75, 3.05) is 33.8 Å². The van der Waals surface area contributed by atoms with Gasteiger partial charge in [-0.1, -0.05) is 30.3 Å². The number of rotatable bonds is 7. The summed E-state index contributed by atoms with van der Waals surface area (Å²) in [6.45, 7) is 5.96. The van der Waals surface area contributed by atoms with Gasteiger partial charge >= 0.3 is 0 Å². The number of likely N-dealkylation sites (N-methyl/N-ethyl adjacent to an activating group) is 1. The molecule has 1 saturated heterocycles. The predicted octanol–water partition coefficient (Wildman–Crippen LogP) is 3.99. The lowest BCUT2D eigenvalue weighted by atomic mass is 9.55. The Morgan fingerprint density at radius 2 is 2.06 bits per heavy atom. The number of amides is 1. The fraction of sp³-hybridized carbons (Fsp3) is 0.414. The second kappa shape index (κ2) is 10.3. The Hall–Kier alpha value is -3.09. The molecule has 1 amide bonds. The van der Waals surface area contributed by atoms with Gasteiger partial charge in [0.2, 0.25) is 5.91 Å². The maximum absolute atomic E-state index is 13.1. The van der Waals surface area contributed by atoms with Crippen LogP contribution in [0.25, 0.3) is 6.08 Å². The fourth-order valence-electron chi connectivity index (χ4n) is 5.92. The zero-order valence-electron chi connectivity index (χ0n) is 20.7. The second-order valence-corrected chi connectivity index (χ2v) is 9.89. The number of fused-ring (bicyclic) bond motifs is 1. The van der Waals surface area contributed by atoms with E-state index >= 15 is 0 Å². The molecule has 186 valence electrons. The number of phenols is 1. The zero-order chi connectivity index (χ0) is 25.1. The van der Waals surface area contributed by atoms with E-state index < -0.39 is 11.0 Å². The molecule has 2 aromatic carbocycles. The zero-order valence-corrected chi connectivity index (χ0v) is 20.7. The Balaban J connectivity index is 1.58. The number of carbonyl (C=O) groups is 1. The lowest BCUT2D eigenvalue weighted by Crippen LogP contribution is -2.67. The highest BCUT2D eigenvalue weighted by molar-refractivity contribution is 5.91. The van der Waals surface area contributed by atoms with Crippen LogP contribution < -0.4 is 4.74 Å². The van der Waals surface area contributed by atoms with E-state index in [1.165, 1.54) is 0 Å². The van der Waals surface area contributed by atoms with E-state index in [1.54, 1.807) is 36.3 Å². The third-order valence-electron chi connectivity index (χ3n) is 7.90. The minimum Gasteiger partial charge on any atom is -0.508 e. The highest BCUT2D eigenvalue weighted by atomic mass is 16.5. The molecule has 1 aliphatic carbocycles. The molecule has 0 radical (unpaired) electrons. The number of nitrogens with zero attached hydrogens (tertiary/aromatic N) is 2. The Morgan fingerprint density at radius 3 is 2.80 bits per heavy atom. The van der Waals surface area contributed by atoms with Gasteiger partial charge in [-0.25, -0.2) is 0 Å². The lowest BCUT2D eigenvalue weighted by Gasteiger charge is -2.58. The minimum atomic E-state index is -0.946. The number of phenolic OH excluding ortho intramolecular Hbond substituents is 1. The number of aliphatic hydroxyl groups is 1. The molecule has 2 N–H and O–H groups in total. The number of likely N-dealkylation sites (tertiary alicyclic amines) is 1. The van der Waals surface area contributed by atoms with Gasteiger partial charge in [0.1, 0.15) is 11.5 Å². The molecule has 0 spiro atoms. The van der Waals surface area contributed by atoms with Gasteiger partial charge in [-0.15, -0.1) is 6.58 Å². The molecule has 6 nitrogen and oxygen atoms in total. The first kappa shape index (κ1) is 25.0. The normalized spacial score (nSPS) is 26.8. The van der Waals surface area contributed by atoms with E-state index in [-0.39, 0.29) is 17.7 Å². The summed E-state index contributed by atoms with van der Waals surface area (Å²) in [5.41, 5.74) is 0.349. The van der Waals surface area contributed by atoms with Crippen LogP contribution in [0.1, 0.15) is 36.8 Å². The molecule has 6 heteroatoms. The topological polar surface area (TPSA) is 73.2 Å². The molecule has 3 atom stereocenters. The summed E-state index contributed by atoms with van der Waals surface area (Å²) < 4.78 is 5.27. The molecule has 1 aliphatic heterocycles. The SMILES string of the molecule is C=CCN1CC[C@@]2(c3cccc(O)c3)C[C@@H](N(C)C(=O)C=Cc3cccc(OC)c3)CC[C@]2(O)C1. The smallest absolute Gasteiger partial charge is 0.246 e. The predicted molar refractivity (Wildman–Crippen MR) is 138 cm³/mol. The highest BCUT2D eigenvalue weighted by Crippen LogP contribution is 2.52. The molecular formula is C29H36N2O4. The Morgan fingerprint density at radius 1 is 1.26 bits per heavy atom. The van der Waals surface area contributed by atoms with Crippen molar-refractivity contribution < 1.29 is 19.7 Å². The van der Waals surface area contributed by atoms with Crippen LogP contribution in [0, 0.1) is 0 Å². The number of hydrogen-bond donors (Lipinski definition) is 2. The van der Waals surface area contributed by atoms with Gasteiger partial charge in [0, 0.05) is 37.7 Å². The van der Waals surface area contributed by atoms with E-state index in [0.29, 0.717) is 25.8 Å². The van der Waals surface area contributed by atoms with Gasteiger partial charge in [0.05, 0.1) is 12.7 Å².